The zero-order chi connectivity index (χ0) is 28.7. The van der Waals surface area contributed by atoms with Gasteiger partial charge in [-0.2, -0.15) is 0 Å². The van der Waals surface area contributed by atoms with Crippen LogP contribution >= 0.6 is 0 Å². The van der Waals surface area contributed by atoms with Gasteiger partial charge in [0.25, 0.3) is 10.0 Å². The van der Waals surface area contributed by atoms with Gasteiger partial charge in [-0.05, 0) is 63.4 Å². The van der Waals surface area contributed by atoms with E-state index in [2.05, 4.69) is 5.32 Å². The van der Waals surface area contributed by atoms with Crippen molar-refractivity contribution in [3.05, 3.63) is 95.1 Å². The van der Waals surface area contributed by atoms with Crippen molar-refractivity contribution in [2.24, 2.45) is 5.92 Å². The molecule has 0 saturated heterocycles. The topological polar surface area (TPSA) is 86.8 Å². The summed E-state index contributed by atoms with van der Waals surface area (Å²) in [5.41, 5.74) is 4.16. The van der Waals surface area contributed by atoms with Crippen molar-refractivity contribution < 1.29 is 18.0 Å². The van der Waals surface area contributed by atoms with Crippen molar-refractivity contribution in [3.8, 4) is 0 Å². The molecular weight excluding hydrogens is 510 g/mol. The van der Waals surface area contributed by atoms with E-state index in [1.165, 1.54) is 4.90 Å². The fraction of sp³-hybridized carbons (Fsp3) is 0.355. The average molecular weight is 550 g/mol. The van der Waals surface area contributed by atoms with E-state index in [0.717, 1.165) is 26.6 Å². The lowest BCUT2D eigenvalue weighted by atomic mass is 10.1. The SMILES string of the molecule is Cc1ccc(N(CC(=O)N(Cc2cccc(C)c2)[C@H](C)C(=O)NCC(C)C)S(=O)(=O)c2ccc(C)cc2)cc1. The van der Waals surface area contributed by atoms with Crippen molar-refractivity contribution in [1.82, 2.24) is 10.2 Å². The van der Waals surface area contributed by atoms with Gasteiger partial charge in [0.1, 0.15) is 12.6 Å². The fourth-order valence-corrected chi connectivity index (χ4v) is 5.53. The highest BCUT2D eigenvalue weighted by Gasteiger charge is 2.32. The summed E-state index contributed by atoms with van der Waals surface area (Å²) in [4.78, 5) is 28.5. The minimum Gasteiger partial charge on any atom is -0.354 e. The largest absolute Gasteiger partial charge is 0.354 e. The van der Waals surface area contributed by atoms with E-state index >= 15 is 0 Å². The van der Waals surface area contributed by atoms with Gasteiger partial charge >= 0.3 is 0 Å². The molecular formula is C31H39N3O4S. The molecule has 0 aliphatic heterocycles. The second-order valence-electron chi connectivity index (χ2n) is 10.5. The van der Waals surface area contributed by atoms with Gasteiger partial charge in [-0.3, -0.25) is 13.9 Å². The van der Waals surface area contributed by atoms with Gasteiger partial charge in [-0.25, -0.2) is 8.42 Å². The Bertz CT molecular complexity index is 1380. The maximum Gasteiger partial charge on any atom is 0.264 e. The Morgan fingerprint density at radius 2 is 1.41 bits per heavy atom. The molecule has 0 aromatic heterocycles. The lowest BCUT2D eigenvalue weighted by molar-refractivity contribution is -0.139. The Kier molecular flexibility index (Phi) is 9.92. The molecule has 0 bridgehead atoms. The third kappa shape index (κ3) is 7.93. The van der Waals surface area contributed by atoms with Crippen LogP contribution in [0.4, 0.5) is 5.69 Å². The van der Waals surface area contributed by atoms with E-state index in [9.17, 15) is 18.0 Å². The molecule has 2 amide bonds. The number of rotatable bonds is 11. The van der Waals surface area contributed by atoms with E-state index in [1.807, 2.05) is 71.0 Å². The number of nitrogens with zero attached hydrogens (tertiary/aromatic N) is 2. The van der Waals surface area contributed by atoms with Gasteiger partial charge in [-0.1, -0.05) is 79.1 Å². The first-order valence-corrected chi connectivity index (χ1v) is 14.6. The summed E-state index contributed by atoms with van der Waals surface area (Å²) >= 11 is 0. The number of amides is 2. The van der Waals surface area contributed by atoms with Gasteiger partial charge in [-0.15, -0.1) is 0 Å². The molecule has 7 nitrogen and oxygen atoms in total. The Hall–Kier alpha value is -3.65. The van der Waals surface area contributed by atoms with Gasteiger partial charge in [0.2, 0.25) is 11.8 Å². The number of benzene rings is 3. The lowest BCUT2D eigenvalue weighted by Gasteiger charge is -2.32. The molecule has 0 spiro atoms. The van der Waals surface area contributed by atoms with Gasteiger partial charge < -0.3 is 10.2 Å². The summed E-state index contributed by atoms with van der Waals surface area (Å²) in [5, 5.41) is 2.90. The summed E-state index contributed by atoms with van der Waals surface area (Å²) in [6.45, 7) is 11.6. The normalized spacial score (nSPS) is 12.2. The second kappa shape index (κ2) is 12.9. The molecule has 0 saturated carbocycles. The Morgan fingerprint density at radius 3 is 1.97 bits per heavy atom. The molecule has 0 heterocycles. The third-order valence-electron chi connectivity index (χ3n) is 6.50. The number of sulfonamides is 1. The standard InChI is InChI=1S/C31H39N3O4S/c1-22(2)19-32-31(36)26(6)33(20-27-9-7-8-25(5)18-27)30(35)21-34(28-14-10-23(3)11-15-28)39(37,38)29-16-12-24(4)13-17-29/h7-18,22,26H,19-21H2,1-6H3,(H,32,36)/t26-/m1/s1. The molecule has 1 N–H and O–H groups in total. The molecule has 0 fully saturated rings. The van der Waals surface area contributed by atoms with Crippen LogP contribution in [0.25, 0.3) is 0 Å². The maximum absolute atomic E-state index is 13.9. The highest BCUT2D eigenvalue weighted by Crippen LogP contribution is 2.25. The summed E-state index contributed by atoms with van der Waals surface area (Å²) in [7, 11) is -4.07. The first-order valence-electron chi connectivity index (χ1n) is 13.2. The molecule has 0 aliphatic carbocycles. The van der Waals surface area contributed by atoms with Crippen LogP contribution in [0.3, 0.4) is 0 Å². The number of carbonyl (C=O) groups is 2. The predicted octanol–water partition coefficient (Wildman–Crippen LogP) is 5.00. The smallest absolute Gasteiger partial charge is 0.264 e. The molecule has 3 aromatic rings. The first kappa shape index (κ1) is 29.9. The average Bonchev–Trinajstić information content (AvgIpc) is 2.89. The Morgan fingerprint density at radius 1 is 0.821 bits per heavy atom. The molecule has 1 atom stereocenters. The molecule has 208 valence electrons. The number of hydrogen-bond acceptors (Lipinski definition) is 4. The quantitative estimate of drug-likeness (QED) is 0.365. The second-order valence-corrected chi connectivity index (χ2v) is 12.3. The van der Waals surface area contributed by atoms with Gasteiger partial charge in [0.05, 0.1) is 10.6 Å². The number of aryl methyl sites for hydroxylation is 3. The van der Waals surface area contributed by atoms with E-state index in [1.54, 1.807) is 43.3 Å². The van der Waals surface area contributed by atoms with Crippen LogP contribution in [0.2, 0.25) is 0 Å². The van der Waals surface area contributed by atoms with Crippen LogP contribution in [0.5, 0.6) is 0 Å². The molecule has 3 rings (SSSR count). The van der Waals surface area contributed by atoms with Crippen LogP contribution in [-0.4, -0.2) is 44.3 Å². The number of carbonyl (C=O) groups excluding carboxylic acids is 2. The van der Waals surface area contributed by atoms with Crippen molar-refractivity contribution in [1.29, 1.82) is 0 Å². The minimum atomic E-state index is -4.07. The molecule has 3 aromatic carbocycles. The highest BCUT2D eigenvalue weighted by atomic mass is 32.2. The molecule has 0 unspecified atom stereocenters. The predicted molar refractivity (Wildman–Crippen MR) is 156 cm³/mol. The van der Waals surface area contributed by atoms with Crippen molar-refractivity contribution in [3.63, 3.8) is 0 Å². The Labute approximate surface area is 232 Å². The van der Waals surface area contributed by atoms with Crippen molar-refractivity contribution in [2.45, 2.75) is 59.0 Å². The summed E-state index contributed by atoms with van der Waals surface area (Å²) < 4.78 is 28.8. The van der Waals surface area contributed by atoms with Crippen LogP contribution in [-0.2, 0) is 26.2 Å². The minimum absolute atomic E-state index is 0.0921. The van der Waals surface area contributed by atoms with Crippen LogP contribution < -0.4 is 9.62 Å². The van der Waals surface area contributed by atoms with E-state index < -0.39 is 28.5 Å². The van der Waals surface area contributed by atoms with E-state index in [-0.39, 0.29) is 23.3 Å². The van der Waals surface area contributed by atoms with Crippen molar-refractivity contribution in [2.75, 3.05) is 17.4 Å². The van der Waals surface area contributed by atoms with E-state index in [4.69, 9.17) is 0 Å². The van der Waals surface area contributed by atoms with Crippen LogP contribution in [0.15, 0.2) is 77.7 Å². The first-order chi connectivity index (χ1) is 18.4. The summed E-state index contributed by atoms with van der Waals surface area (Å²) in [6.07, 6.45) is 0. The maximum atomic E-state index is 13.9. The zero-order valence-corrected chi connectivity index (χ0v) is 24.5. The molecule has 39 heavy (non-hydrogen) atoms. The van der Waals surface area contributed by atoms with Gasteiger partial charge in [0.15, 0.2) is 0 Å². The summed E-state index contributed by atoms with van der Waals surface area (Å²) in [6, 6.07) is 20.5. The fourth-order valence-electron chi connectivity index (χ4n) is 4.12. The van der Waals surface area contributed by atoms with E-state index in [0.29, 0.717) is 12.2 Å². The highest BCUT2D eigenvalue weighted by molar-refractivity contribution is 7.92. The molecule has 0 aliphatic rings. The third-order valence-corrected chi connectivity index (χ3v) is 8.29. The van der Waals surface area contributed by atoms with Crippen molar-refractivity contribution >= 4 is 27.5 Å². The Balaban J connectivity index is 2.01. The molecule has 0 radical (unpaired) electrons. The lowest BCUT2D eigenvalue weighted by Crippen LogP contribution is -2.51. The van der Waals surface area contributed by atoms with Crippen LogP contribution in [0, 0.1) is 26.7 Å². The van der Waals surface area contributed by atoms with Gasteiger partial charge in [0, 0.05) is 13.1 Å². The summed E-state index contributed by atoms with van der Waals surface area (Å²) in [5.74, 6) is -0.508. The monoisotopic (exact) mass is 549 g/mol. The zero-order valence-electron chi connectivity index (χ0n) is 23.6. The molecule has 8 heteroatoms. The number of hydrogen-bond donors (Lipinski definition) is 1. The number of nitrogens with one attached hydrogen (secondary N) is 1. The number of anilines is 1. The van der Waals surface area contributed by atoms with Crippen LogP contribution in [0.1, 0.15) is 43.0 Å².